The number of hydrogen-bond donors (Lipinski definition) is 1. The molecule has 3 rings (SSSR count). The van der Waals surface area contributed by atoms with Crippen molar-refractivity contribution in [2.24, 2.45) is 0 Å². The van der Waals surface area contributed by atoms with E-state index in [4.69, 9.17) is 12.2 Å². The number of benzene rings is 1. The van der Waals surface area contributed by atoms with Crippen LogP contribution in [0.4, 0.5) is 22.0 Å². The second-order valence-electron chi connectivity index (χ2n) is 4.08. The zero-order chi connectivity index (χ0) is 15.3. The van der Waals surface area contributed by atoms with Crippen LogP contribution in [0.15, 0.2) is 18.5 Å². The molecule has 0 saturated carbocycles. The average molecular weight is 317 g/mol. The second-order valence-corrected chi connectivity index (χ2v) is 4.46. The minimum absolute atomic E-state index is 0.137. The number of fused-ring (bicyclic) bond motifs is 1. The number of nitrogens with zero attached hydrogens (tertiary/aromatic N) is 2. The van der Waals surface area contributed by atoms with Crippen LogP contribution in [0.5, 0.6) is 0 Å². The molecule has 0 aliphatic carbocycles. The maximum Gasteiger partial charge on any atom is 0.200 e. The van der Waals surface area contributed by atoms with E-state index >= 15 is 0 Å². The summed E-state index contributed by atoms with van der Waals surface area (Å²) >= 11 is 4.88. The molecule has 1 aromatic carbocycles. The van der Waals surface area contributed by atoms with Gasteiger partial charge in [-0.15, -0.1) is 0 Å². The van der Waals surface area contributed by atoms with Gasteiger partial charge >= 0.3 is 0 Å². The van der Waals surface area contributed by atoms with Gasteiger partial charge in [0.05, 0.1) is 17.2 Å². The summed E-state index contributed by atoms with van der Waals surface area (Å²) in [7, 11) is 0. The van der Waals surface area contributed by atoms with Crippen molar-refractivity contribution in [3.63, 3.8) is 0 Å². The molecule has 9 heteroatoms. The number of pyridine rings is 1. The first kappa shape index (κ1) is 13.7. The molecule has 0 radical (unpaired) electrons. The lowest BCUT2D eigenvalue weighted by atomic mass is 10.2. The van der Waals surface area contributed by atoms with Gasteiger partial charge in [0, 0.05) is 6.20 Å². The van der Waals surface area contributed by atoms with Crippen LogP contribution < -0.4 is 0 Å². The van der Waals surface area contributed by atoms with Gasteiger partial charge in [-0.25, -0.2) is 22.0 Å². The summed E-state index contributed by atoms with van der Waals surface area (Å²) in [6.45, 7) is 0. The van der Waals surface area contributed by atoms with Crippen LogP contribution in [0.3, 0.4) is 0 Å². The van der Waals surface area contributed by atoms with Gasteiger partial charge in [-0.1, -0.05) is 0 Å². The van der Waals surface area contributed by atoms with Gasteiger partial charge in [-0.3, -0.25) is 9.55 Å². The minimum atomic E-state index is -2.22. The number of aromatic nitrogens is 3. The molecule has 0 aliphatic heterocycles. The molecule has 0 atom stereocenters. The highest BCUT2D eigenvalue weighted by Crippen LogP contribution is 2.28. The number of rotatable bonds is 1. The number of aromatic amines is 1. The van der Waals surface area contributed by atoms with Gasteiger partial charge in [0.15, 0.2) is 28.0 Å². The summed E-state index contributed by atoms with van der Waals surface area (Å²) in [5.74, 6) is -10.2. The van der Waals surface area contributed by atoms with Gasteiger partial charge in [0.25, 0.3) is 0 Å². The van der Waals surface area contributed by atoms with E-state index in [9.17, 15) is 22.0 Å². The molecule has 0 saturated heterocycles. The highest BCUT2D eigenvalue weighted by molar-refractivity contribution is 7.71. The van der Waals surface area contributed by atoms with Crippen LogP contribution in [-0.4, -0.2) is 14.5 Å². The quantitative estimate of drug-likeness (QED) is 0.321. The van der Waals surface area contributed by atoms with Gasteiger partial charge in [0.1, 0.15) is 5.69 Å². The zero-order valence-corrected chi connectivity index (χ0v) is 10.7. The number of imidazole rings is 1. The summed E-state index contributed by atoms with van der Waals surface area (Å²) in [6.07, 6.45) is 2.61. The zero-order valence-electron chi connectivity index (χ0n) is 9.92. The predicted molar refractivity (Wildman–Crippen MR) is 66.0 cm³/mol. The number of hydrogen-bond acceptors (Lipinski definition) is 2. The Kier molecular flexibility index (Phi) is 3.01. The third-order valence-corrected chi connectivity index (χ3v) is 3.18. The highest BCUT2D eigenvalue weighted by atomic mass is 32.1. The standard InChI is InChI=1S/C12H4F5N3S/c13-6-7(14)9(16)11(10(17)8(6)15)20-5-1-2-18-3-4(5)19-12(20)21/h1-3H,(H,19,21). The molecule has 0 unspecified atom stereocenters. The van der Waals surface area contributed by atoms with Gasteiger partial charge < -0.3 is 4.98 Å². The molecule has 0 amide bonds. The maximum atomic E-state index is 13.9. The van der Waals surface area contributed by atoms with Crippen LogP contribution in [-0.2, 0) is 0 Å². The summed E-state index contributed by atoms with van der Waals surface area (Å²) in [4.78, 5) is 6.35. The Morgan fingerprint density at radius 1 is 0.952 bits per heavy atom. The van der Waals surface area contributed by atoms with Crippen LogP contribution in [0.1, 0.15) is 0 Å². The molecule has 1 N–H and O–H groups in total. The highest BCUT2D eigenvalue weighted by Gasteiger charge is 2.28. The van der Waals surface area contributed by atoms with Crippen molar-refractivity contribution in [3.8, 4) is 5.69 Å². The molecule has 2 aromatic heterocycles. The molecule has 3 aromatic rings. The van der Waals surface area contributed by atoms with Crippen molar-refractivity contribution in [1.29, 1.82) is 0 Å². The minimum Gasteiger partial charge on any atom is -0.329 e. The van der Waals surface area contributed by atoms with Crippen molar-refractivity contribution in [3.05, 3.63) is 52.3 Å². The third kappa shape index (κ3) is 1.84. The fourth-order valence-electron chi connectivity index (χ4n) is 1.97. The van der Waals surface area contributed by atoms with Crippen molar-refractivity contribution in [2.45, 2.75) is 0 Å². The van der Waals surface area contributed by atoms with Crippen molar-refractivity contribution in [2.75, 3.05) is 0 Å². The number of halogens is 5. The maximum absolute atomic E-state index is 13.9. The molecule has 2 heterocycles. The normalized spacial score (nSPS) is 11.3. The Hall–Kier alpha value is -2.29. The van der Waals surface area contributed by atoms with Gasteiger partial charge in [0.2, 0.25) is 5.82 Å². The number of H-pyrrole nitrogens is 1. The van der Waals surface area contributed by atoms with Crippen LogP contribution in [0.2, 0.25) is 0 Å². The molecule has 3 nitrogen and oxygen atoms in total. The summed E-state index contributed by atoms with van der Waals surface area (Å²) in [5, 5.41) is 0. The Bertz CT molecular complexity index is 902. The van der Waals surface area contributed by atoms with E-state index in [0.717, 1.165) is 4.57 Å². The van der Waals surface area contributed by atoms with Gasteiger partial charge in [-0.05, 0) is 18.3 Å². The largest absolute Gasteiger partial charge is 0.329 e. The average Bonchev–Trinajstić information content (AvgIpc) is 2.80. The van der Waals surface area contributed by atoms with Crippen LogP contribution >= 0.6 is 12.2 Å². The molecule has 0 bridgehead atoms. The van der Waals surface area contributed by atoms with Gasteiger partial charge in [-0.2, -0.15) is 0 Å². The van der Waals surface area contributed by atoms with Crippen molar-refractivity contribution >= 4 is 23.3 Å². The molecular formula is C12H4F5N3S. The molecule has 0 fully saturated rings. The van der Waals surface area contributed by atoms with E-state index in [2.05, 4.69) is 9.97 Å². The van der Waals surface area contributed by atoms with E-state index in [1.807, 2.05) is 0 Å². The lowest BCUT2D eigenvalue weighted by molar-refractivity contribution is 0.376. The second kappa shape index (κ2) is 4.62. The first-order chi connectivity index (χ1) is 9.93. The SMILES string of the molecule is Fc1c(F)c(F)c(-n2c(=S)[nH]c3cnccc32)c(F)c1F. The summed E-state index contributed by atoms with van der Waals surface area (Å²) in [6, 6.07) is 1.33. The van der Waals surface area contributed by atoms with Crippen LogP contribution in [0.25, 0.3) is 16.7 Å². The first-order valence-corrected chi connectivity index (χ1v) is 5.91. The Morgan fingerprint density at radius 3 is 2.14 bits per heavy atom. The lowest BCUT2D eigenvalue weighted by Gasteiger charge is -2.09. The van der Waals surface area contributed by atoms with E-state index in [-0.39, 0.29) is 10.3 Å². The Morgan fingerprint density at radius 2 is 1.52 bits per heavy atom. The van der Waals surface area contributed by atoms with Crippen molar-refractivity contribution < 1.29 is 22.0 Å². The van der Waals surface area contributed by atoms with Crippen LogP contribution in [0, 0.1) is 33.9 Å². The topological polar surface area (TPSA) is 33.6 Å². The van der Waals surface area contributed by atoms with E-state index in [1.165, 1.54) is 18.5 Å². The third-order valence-electron chi connectivity index (χ3n) is 2.89. The lowest BCUT2D eigenvalue weighted by Crippen LogP contribution is -2.09. The van der Waals surface area contributed by atoms with E-state index in [1.54, 1.807) is 0 Å². The predicted octanol–water partition coefficient (Wildman–Crippen LogP) is 3.78. The first-order valence-electron chi connectivity index (χ1n) is 5.50. The summed E-state index contributed by atoms with van der Waals surface area (Å²) in [5.41, 5.74) is -0.696. The van der Waals surface area contributed by atoms with E-state index < -0.39 is 34.8 Å². The smallest absolute Gasteiger partial charge is 0.200 e. The van der Waals surface area contributed by atoms with E-state index in [0.29, 0.717) is 5.52 Å². The molecule has 0 spiro atoms. The fraction of sp³-hybridized carbons (Fsp3) is 0. The number of nitrogens with one attached hydrogen (secondary N) is 1. The summed E-state index contributed by atoms with van der Waals surface area (Å²) < 4.78 is 67.9. The molecule has 108 valence electrons. The van der Waals surface area contributed by atoms with Crippen molar-refractivity contribution in [1.82, 2.24) is 14.5 Å². The molecule has 21 heavy (non-hydrogen) atoms. The Balaban J connectivity index is 2.50. The monoisotopic (exact) mass is 317 g/mol. The molecule has 0 aliphatic rings. The molecular weight excluding hydrogens is 313 g/mol. The fourth-order valence-corrected chi connectivity index (χ4v) is 2.27. The Labute approximate surface area is 118 Å².